The molecule has 2 rings (SSSR count). The van der Waals surface area contributed by atoms with Crippen molar-refractivity contribution in [2.24, 2.45) is 0 Å². The average Bonchev–Trinajstić information content (AvgIpc) is 2.81. The topological polar surface area (TPSA) is 84.1 Å². The van der Waals surface area contributed by atoms with Crippen LogP contribution in [-0.4, -0.2) is 38.8 Å². The number of nitrogens with zero attached hydrogens (tertiary/aromatic N) is 2. The zero-order valence-electron chi connectivity index (χ0n) is 9.85. The van der Waals surface area contributed by atoms with Crippen molar-refractivity contribution in [3.05, 3.63) is 36.3 Å². The summed E-state index contributed by atoms with van der Waals surface area (Å²) < 4.78 is 6.10. The number of aliphatic hydroxyl groups excluding tert-OH is 2. The minimum absolute atomic E-state index is 0.266. The van der Waals surface area contributed by atoms with E-state index < -0.39 is 18.2 Å². The smallest absolute Gasteiger partial charge is 0.308 e. The molecule has 6 nitrogen and oxygen atoms in total. The van der Waals surface area contributed by atoms with Crippen molar-refractivity contribution < 1.29 is 19.7 Å². The molecule has 0 aliphatic heterocycles. The number of fused-ring (bicyclic) bond motifs is 1. The molecule has 2 atom stereocenters. The molecule has 0 aromatic carbocycles. The lowest BCUT2D eigenvalue weighted by Gasteiger charge is -2.16. The van der Waals surface area contributed by atoms with Gasteiger partial charge in [0.15, 0.2) is 0 Å². The summed E-state index contributed by atoms with van der Waals surface area (Å²) >= 11 is 0. The van der Waals surface area contributed by atoms with Gasteiger partial charge in [-0.3, -0.25) is 4.79 Å². The first kappa shape index (κ1) is 12.5. The molecular weight excluding hydrogens is 236 g/mol. The quantitative estimate of drug-likeness (QED) is 0.762. The molecule has 2 unspecified atom stereocenters. The van der Waals surface area contributed by atoms with Gasteiger partial charge in [0, 0.05) is 6.20 Å². The van der Waals surface area contributed by atoms with Crippen LogP contribution >= 0.6 is 0 Å². The molecule has 0 saturated heterocycles. The lowest BCUT2D eigenvalue weighted by molar-refractivity contribution is -0.144. The van der Waals surface area contributed by atoms with Gasteiger partial charge >= 0.3 is 5.97 Å². The van der Waals surface area contributed by atoms with Crippen LogP contribution in [0.1, 0.15) is 18.2 Å². The molecular formula is C12H14N2O4. The number of aromatic nitrogens is 2. The summed E-state index contributed by atoms with van der Waals surface area (Å²) in [4.78, 5) is 15.1. The van der Waals surface area contributed by atoms with Gasteiger partial charge < -0.3 is 19.4 Å². The first-order chi connectivity index (χ1) is 8.63. The van der Waals surface area contributed by atoms with Gasteiger partial charge in [0.05, 0.1) is 31.5 Å². The lowest BCUT2D eigenvalue weighted by Crippen LogP contribution is -2.23. The molecule has 2 N–H and O–H groups in total. The Balaban J connectivity index is 2.22. The van der Waals surface area contributed by atoms with Crippen LogP contribution < -0.4 is 0 Å². The fraction of sp³-hybridized carbons (Fsp3) is 0.333. The summed E-state index contributed by atoms with van der Waals surface area (Å²) in [6, 6.07) is 5.39. The van der Waals surface area contributed by atoms with Crippen LogP contribution in [0.4, 0.5) is 0 Å². The lowest BCUT2D eigenvalue weighted by atomic mass is 10.1. The predicted molar refractivity (Wildman–Crippen MR) is 62.8 cm³/mol. The van der Waals surface area contributed by atoms with E-state index >= 15 is 0 Å². The SMILES string of the molecule is COC(=O)CC(O)C(O)c1cnc2ccccn12. The van der Waals surface area contributed by atoms with Crippen LogP contribution in [0.2, 0.25) is 0 Å². The average molecular weight is 250 g/mol. The fourth-order valence-electron chi connectivity index (χ4n) is 1.73. The van der Waals surface area contributed by atoms with E-state index in [0.717, 1.165) is 0 Å². The zero-order chi connectivity index (χ0) is 13.1. The Morgan fingerprint density at radius 1 is 1.50 bits per heavy atom. The van der Waals surface area contributed by atoms with E-state index in [1.807, 2.05) is 6.07 Å². The van der Waals surface area contributed by atoms with E-state index in [-0.39, 0.29) is 6.42 Å². The number of aliphatic hydroxyl groups is 2. The Morgan fingerprint density at radius 3 is 3.00 bits per heavy atom. The standard InChI is InChI=1S/C12H14N2O4/c1-18-11(16)6-9(15)12(17)8-7-13-10-4-2-3-5-14(8)10/h2-5,7,9,12,15,17H,6H2,1H3. The molecule has 0 aliphatic carbocycles. The summed E-state index contributed by atoms with van der Waals surface area (Å²) in [5, 5.41) is 19.8. The number of pyridine rings is 1. The van der Waals surface area contributed by atoms with Crippen molar-refractivity contribution in [1.29, 1.82) is 0 Å². The molecule has 0 saturated carbocycles. The maximum absolute atomic E-state index is 11.0. The van der Waals surface area contributed by atoms with Gasteiger partial charge in [-0.25, -0.2) is 4.98 Å². The third-order valence-electron chi connectivity index (χ3n) is 2.72. The summed E-state index contributed by atoms with van der Waals surface area (Å²) in [5.41, 5.74) is 1.10. The molecule has 6 heteroatoms. The highest BCUT2D eigenvalue weighted by Crippen LogP contribution is 2.20. The van der Waals surface area contributed by atoms with Gasteiger partial charge in [-0.1, -0.05) is 6.07 Å². The van der Waals surface area contributed by atoms with Gasteiger partial charge in [0.25, 0.3) is 0 Å². The number of hydrogen-bond acceptors (Lipinski definition) is 5. The van der Waals surface area contributed by atoms with E-state index in [4.69, 9.17) is 0 Å². The number of esters is 1. The summed E-state index contributed by atoms with van der Waals surface area (Å²) in [7, 11) is 1.23. The van der Waals surface area contributed by atoms with Crippen LogP contribution in [-0.2, 0) is 9.53 Å². The Morgan fingerprint density at radius 2 is 2.28 bits per heavy atom. The Kier molecular flexibility index (Phi) is 3.59. The molecule has 2 aromatic heterocycles. The van der Waals surface area contributed by atoms with Crippen molar-refractivity contribution >= 4 is 11.6 Å². The third kappa shape index (κ3) is 2.34. The van der Waals surface area contributed by atoms with Crippen molar-refractivity contribution in [2.75, 3.05) is 7.11 Å². The van der Waals surface area contributed by atoms with Crippen LogP contribution in [0, 0.1) is 0 Å². The second-order valence-electron chi connectivity index (χ2n) is 3.90. The Labute approximate surface area is 103 Å². The molecule has 0 spiro atoms. The van der Waals surface area contributed by atoms with E-state index in [2.05, 4.69) is 9.72 Å². The second-order valence-corrected chi connectivity index (χ2v) is 3.90. The minimum atomic E-state index is -1.22. The second kappa shape index (κ2) is 5.16. The first-order valence-electron chi connectivity index (χ1n) is 5.48. The van der Waals surface area contributed by atoms with Crippen molar-refractivity contribution in [2.45, 2.75) is 18.6 Å². The molecule has 2 aromatic rings. The summed E-state index contributed by atoms with van der Waals surface area (Å²) in [6.07, 6.45) is 0.517. The number of carbonyl (C=O) groups excluding carboxylic acids is 1. The number of hydrogen-bond donors (Lipinski definition) is 2. The third-order valence-corrected chi connectivity index (χ3v) is 2.72. The molecule has 0 amide bonds. The van der Waals surface area contributed by atoms with Gasteiger partial charge in [0.1, 0.15) is 11.8 Å². The maximum Gasteiger partial charge on any atom is 0.308 e. The predicted octanol–water partition coefficient (Wildman–Crippen LogP) is 0.292. The van der Waals surface area contributed by atoms with E-state index in [9.17, 15) is 15.0 Å². The maximum atomic E-state index is 11.0. The van der Waals surface area contributed by atoms with E-state index in [1.54, 1.807) is 22.7 Å². The number of rotatable bonds is 4. The number of ether oxygens (including phenoxy) is 1. The van der Waals surface area contributed by atoms with E-state index in [0.29, 0.717) is 11.3 Å². The molecule has 0 bridgehead atoms. The van der Waals surface area contributed by atoms with Gasteiger partial charge in [-0.2, -0.15) is 0 Å². The molecule has 96 valence electrons. The molecule has 2 heterocycles. The normalized spacial score (nSPS) is 14.4. The van der Waals surface area contributed by atoms with Crippen LogP contribution in [0.15, 0.2) is 30.6 Å². The first-order valence-corrected chi connectivity index (χ1v) is 5.48. The van der Waals surface area contributed by atoms with E-state index in [1.165, 1.54) is 13.3 Å². The van der Waals surface area contributed by atoms with Crippen molar-refractivity contribution in [1.82, 2.24) is 9.38 Å². The highest BCUT2D eigenvalue weighted by atomic mass is 16.5. The largest absolute Gasteiger partial charge is 0.469 e. The summed E-state index contributed by atoms with van der Waals surface area (Å²) in [6.45, 7) is 0. The number of carbonyl (C=O) groups is 1. The number of imidazole rings is 1. The van der Waals surface area contributed by atoms with Crippen molar-refractivity contribution in [3.8, 4) is 0 Å². The molecule has 18 heavy (non-hydrogen) atoms. The van der Waals surface area contributed by atoms with Crippen LogP contribution in [0.5, 0.6) is 0 Å². The highest BCUT2D eigenvalue weighted by Gasteiger charge is 2.24. The van der Waals surface area contributed by atoms with Gasteiger partial charge in [0.2, 0.25) is 0 Å². The van der Waals surface area contributed by atoms with Gasteiger partial charge in [-0.05, 0) is 12.1 Å². The zero-order valence-corrected chi connectivity index (χ0v) is 9.85. The fourth-order valence-corrected chi connectivity index (χ4v) is 1.73. The van der Waals surface area contributed by atoms with Gasteiger partial charge in [-0.15, -0.1) is 0 Å². The Hall–Kier alpha value is -1.92. The van der Waals surface area contributed by atoms with Crippen LogP contribution in [0.3, 0.4) is 0 Å². The minimum Gasteiger partial charge on any atom is -0.469 e. The summed E-state index contributed by atoms with van der Waals surface area (Å²) in [5.74, 6) is -0.574. The van der Waals surface area contributed by atoms with Crippen LogP contribution in [0.25, 0.3) is 5.65 Å². The van der Waals surface area contributed by atoms with Crippen molar-refractivity contribution in [3.63, 3.8) is 0 Å². The Bertz CT molecular complexity index is 552. The monoisotopic (exact) mass is 250 g/mol. The molecule has 0 aliphatic rings. The molecule has 0 radical (unpaired) electrons. The number of methoxy groups -OCH3 is 1. The highest BCUT2D eigenvalue weighted by molar-refractivity contribution is 5.69. The molecule has 0 fully saturated rings.